The second-order valence-corrected chi connectivity index (χ2v) is 3.95. The van der Waals surface area contributed by atoms with E-state index in [1.54, 1.807) is 0 Å². The van der Waals surface area contributed by atoms with Crippen molar-refractivity contribution < 1.29 is 0 Å². The lowest BCUT2D eigenvalue weighted by atomic mass is 10.2. The fourth-order valence-electron chi connectivity index (χ4n) is 0.581. The molecular formula is C11H19Br. The van der Waals surface area contributed by atoms with Gasteiger partial charge in [0, 0.05) is 0 Å². The van der Waals surface area contributed by atoms with Crippen LogP contribution in [-0.2, 0) is 0 Å². The van der Waals surface area contributed by atoms with Gasteiger partial charge < -0.3 is 0 Å². The molecule has 0 aliphatic heterocycles. The lowest BCUT2D eigenvalue weighted by Gasteiger charge is -1.91. The lowest BCUT2D eigenvalue weighted by molar-refractivity contribution is 0.828. The van der Waals surface area contributed by atoms with E-state index < -0.39 is 0 Å². The van der Waals surface area contributed by atoms with Crippen LogP contribution in [0.15, 0.2) is 35.9 Å². The van der Waals surface area contributed by atoms with Crippen molar-refractivity contribution >= 4 is 15.9 Å². The summed E-state index contributed by atoms with van der Waals surface area (Å²) in [5.41, 5.74) is 0. The third-order valence-electron chi connectivity index (χ3n) is 1.06. The summed E-state index contributed by atoms with van der Waals surface area (Å²) in [7, 11) is 0. The summed E-state index contributed by atoms with van der Waals surface area (Å²) < 4.78 is 1.21. The molecule has 70 valence electrons. The van der Waals surface area contributed by atoms with Crippen LogP contribution in [-0.4, -0.2) is 0 Å². The highest BCUT2D eigenvalue weighted by Gasteiger charge is 1.81. The van der Waals surface area contributed by atoms with Crippen LogP contribution in [0, 0.1) is 5.92 Å². The summed E-state index contributed by atoms with van der Waals surface area (Å²) in [6.45, 7) is 12.4. The Kier molecular flexibility index (Phi) is 12.7. The maximum Gasteiger partial charge on any atom is -0.0117 e. The van der Waals surface area contributed by atoms with Crippen molar-refractivity contribution in [3.8, 4) is 0 Å². The first-order valence-electron chi connectivity index (χ1n) is 4.12. The molecule has 0 aliphatic carbocycles. The Labute approximate surface area is 85.2 Å². The third kappa shape index (κ3) is 16.4. The predicted octanol–water partition coefficient (Wildman–Crippen LogP) is 4.69. The smallest absolute Gasteiger partial charge is 0.0117 e. The van der Waals surface area contributed by atoms with Gasteiger partial charge in [-0.2, -0.15) is 0 Å². The molecule has 0 spiro atoms. The van der Waals surface area contributed by atoms with Gasteiger partial charge in [-0.1, -0.05) is 48.0 Å². The van der Waals surface area contributed by atoms with Gasteiger partial charge in [-0.3, -0.25) is 0 Å². The van der Waals surface area contributed by atoms with Crippen LogP contribution in [0.1, 0.15) is 27.2 Å². The van der Waals surface area contributed by atoms with E-state index in [1.165, 1.54) is 4.48 Å². The number of hydrogen-bond donors (Lipinski definition) is 0. The molecule has 0 aliphatic rings. The standard InChI is InChI=1S/C9H15Br.C2H4/c1-8(2)6-4-5-7-9(3)10;1-2/h4,6-8H,5H2,1-3H3;1-2H2/b6-4-,9-7+;. The Hall–Kier alpha value is -0.300. The number of rotatable bonds is 3. The first-order chi connectivity index (χ1) is 5.63. The van der Waals surface area contributed by atoms with Crippen molar-refractivity contribution in [2.75, 3.05) is 0 Å². The predicted molar refractivity (Wildman–Crippen MR) is 62.5 cm³/mol. The first-order valence-corrected chi connectivity index (χ1v) is 4.91. The van der Waals surface area contributed by atoms with Crippen LogP contribution in [0.4, 0.5) is 0 Å². The Bertz CT molecular complexity index is 139. The van der Waals surface area contributed by atoms with Gasteiger partial charge in [0.2, 0.25) is 0 Å². The van der Waals surface area contributed by atoms with Gasteiger partial charge in [0.25, 0.3) is 0 Å². The molecule has 1 heteroatoms. The topological polar surface area (TPSA) is 0 Å². The quantitative estimate of drug-likeness (QED) is 0.618. The summed E-state index contributed by atoms with van der Waals surface area (Å²) >= 11 is 3.37. The van der Waals surface area contributed by atoms with E-state index in [1.807, 2.05) is 6.92 Å². The van der Waals surface area contributed by atoms with Crippen molar-refractivity contribution in [1.82, 2.24) is 0 Å². The molecule has 12 heavy (non-hydrogen) atoms. The molecule has 0 aromatic rings. The normalized spacial score (nSPS) is 11.6. The molecule has 0 unspecified atom stereocenters. The molecule has 0 amide bonds. The minimum absolute atomic E-state index is 0.670. The highest BCUT2D eigenvalue weighted by molar-refractivity contribution is 9.11. The average molecular weight is 231 g/mol. The van der Waals surface area contributed by atoms with Crippen molar-refractivity contribution in [1.29, 1.82) is 0 Å². The van der Waals surface area contributed by atoms with E-state index in [2.05, 4.69) is 61.2 Å². The van der Waals surface area contributed by atoms with Gasteiger partial charge in [0.15, 0.2) is 0 Å². The van der Waals surface area contributed by atoms with Gasteiger partial charge in [-0.25, -0.2) is 0 Å². The molecule has 0 aromatic heterocycles. The van der Waals surface area contributed by atoms with E-state index in [0.29, 0.717) is 5.92 Å². The summed E-state index contributed by atoms with van der Waals surface area (Å²) in [6, 6.07) is 0. The van der Waals surface area contributed by atoms with Gasteiger partial charge in [-0.05, 0) is 23.7 Å². The van der Waals surface area contributed by atoms with Crippen LogP contribution in [0.25, 0.3) is 0 Å². The molecule has 0 heterocycles. The highest BCUT2D eigenvalue weighted by Crippen LogP contribution is 2.04. The molecule has 0 radical (unpaired) electrons. The van der Waals surface area contributed by atoms with Crippen LogP contribution in [0.3, 0.4) is 0 Å². The Morgan fingerprint density at radius 3 is 2.25 bits per heavy atom. The molecule has 0 atom stereocenters. The van der Waals surface area contributed by atoms with Crippen LogP contribution in [0.5, 0.6) is 0 Å². The second kappa shape index (κ2) is 10.7. The second-order valence-electron chi connectivity index (χ2n) is 2.70. The van der Waals surface area contributed by atoms with Crippen molar-refractivity contribution in [2.45, 2.75) is 27.2 Å². The summed E-state index contributed by atoms with van der Waals surface area (Å²) in [5, 5.41) is 0. The van der Waals surface area contributed by atoms with Gasteiger partial charge in [-0.15, -0.1) is 13.2 Å². The SMILES string of the molecule is C/C(Br)=C\C/C=C\C(C)C.C=C. The molecule has 0 saturated carbocycles. The van der Waals surface area contributed by atoms with Crippen molar-refractivity contribution in [3.63, 3.8) is 0 Å². The highest BCUT2D eigenvalue weighted by atomic mass is 79.9. The summed E-state index contributed by atoms with van der Waals surface area (Å²) in [5.74, 6) is 0.670. The number of hydrogen-bond acceptors (Lipinski definition) is 0. The van der Waals surface area contributed by atoms with E-state index in [4.69, 9.17) is 0 Å². The first kappa shape index (κ1) is 14.2. The Morgan fingerprint density at radius 2 is 1.92 bits per heavy atom. The minimum atomic E-state index is 0.670. The molecule has 0 nitrogen and oxygen atoms in total. The Morgan fingerprint density at radius 1 is 1.42 bits per heavy atom. The zero-order valence-electron chi connectivity index (χ0n) is 8.31. The average Bonchev–Trinajstić information content (AvgIpc) is 2.02. The third-order valence-corrected chi connectivity index (χ3v) is 1.38. The fourth-order valence-corrected chi connectivity index (χ4v) is 0.768. The minimum Gasteiger partial charge on any atom is -0.106 e. The van der Waals surface area contributed by atoms with E-state index in [0.717, 1.165) is 6.42 Å². The molecule has 0 aromatic carbocycles. The molecule has 0 N–H and O–H groups in total. The maximum absolute atomic E-state index is 3.37. The van der Waals surface area contributed by atoms with E-state index >= 15 is 0 Å². The monoisotopic (exact) mass is 230 g/mol. The van der Waals surface area contributed by atoms with Gasteiger partial charge in [0.05, 0.1) is 0 Å². The zero-order valence-corrected chi connectivity index (χ0v) is 9.89. The summed E-state index contributed by atoms with van der Waals surface area (Å²) in [6.07, 6.45) is 7.59. The fraction of sp³-hybridized carbons (Fsp3) is 0.455. The van der Waals surface area contributed by atoms with Gasteiger partial charge >= 0.3 is 0 Å². The Balaban J connectivity index is 0. The van der Waals surface area contributed by atoms with E-state index in [-0.39, 0.29) is 0 Å². The molecular weight excluding hydrogens is 212 g/mol. The van der Waals surface area contributed by atoms with Crippen molar-refractivity contribution in [3.05, 3.63) is 35.9 Å². The van der Waals surface area contributed by atoms with E-state index in [9.17, 15) is 0 Å². The molecule has 0 saturated heterocycles. The van der Waals surface area contributed by atoms with Crippen LogP contribution in [0.2, 0.25) is 0 Å². The van der Waals surface area contributed by atoms with Crippen LogP contribution < -0.4 is 0 Å². The van der Waals surface area contributed by atoms with Crippen molar-refractivity contribution in [2.24, 2.45) is 5.92 Å². The molecule has 0 bridgehead atoms. The largest absolute Gasteiger partial charge is 0.106 e. The number of halogens is 1. The van der Waals surface area contributed by atoms with Crippen LogP contribution >= 0.6 is 15.9 Å². The summed E-state index contributed by atoms with van der Waals surface area (Å²) in [4.78, 5) is 0. The molecule has 0 fully saturated rings. The maximum atomic E-state index is 3.37. The molecule has 0 rings (SSSR count). The van der Waals surface area contributed by atoms with Gasteiger partial charge in [0.1, 0.15) is 0 Å². The number of allylic oxidation sites excluding steroid dienone is 4. The lowest BCUT2D eigenvalue weighted by Crippen LogP contribution is -1.75. The zero-order chi connectivity index (χ0) is 9.98.